The van der Waals surface area contributed by atoms with Crippen LogP contribution in [-0.4, -0.2) is 37.7 Å². The van der Waals surface area contributed by atoms with Crippen LogP contribution in [-0.2, 0) is 4.74 Å². The molecule has 0 aliphatic carbocycles. The average Bonchev–Trinajstić information content (AvgIpc) is 2.80. The van der Waals surface area contributed by atoms with E-state index in [2.05, 4.69) is 36.4 Å². The fraction of sp³-hybridized carbons (Fsp3) is 0.667. The maximum Gasteiger partial charge on any atom is 0.0823 e. The van der Waals surface area contributed by atoms with Crippen molar-refractivity contribution >= 4 is 11.3 Å². The van der Waals surface area contributed by atoms with Gasteiger partial charge in [0.05, 0.1) is 6.10 Å². The summed E-state index contributed by atoms with van der Waals surface area (Å²) in [4.78, 5) is 3.67. The van der Waals surface area contributed by atoms with Crippen LogP contribution in [0.25, 0.3) is 0 Å². The van der Waals surface area contributed by atoms with E-state index >= 15 is 0 Å². The van der Waals surface area contributed by atoms with Crippen molar-refractivity contribution in [2.24, 2.45) is 5.73 Å². The summed E-state index contributed by atoms with van der Waals surface area (Å²) in [7, 11) is 2.12. The third-order valence-electron chi connectivity index (χ3n) is 2.77. The van der Waals surface area contributed by atoms with E-state index in [1.807, 2.05) is 6.92 Å². The third-order valence-corrected chi connectivity index (χ3v) is 3.82. The zero-order valence-electron chi connectivity index (χ0n) is 10.3. The van der Waals surface area contributed by atoms with Crippen LogP contribution in [0.4, 0.5) is 0 Å². The van der Waals surface area contributed by atoms with Crippen molar-refractivity contribution in [3.05, 3.63) is 22.4 Å². The third kappa shape index (κ3) is 3.87. The van der Waals surface area contributed by atoms with Crippen LogP contribution in [0.15, 0.2) is 17.5 Å². The quantitative estimate of drug-likeness (QED) is 0.796. The monoisotopic (exact) mass is 242 g/mol. The Morgan fingerprint density at radius 2 is 2.31 bits per heavy atom. The van der Waals surface area contributed by atoms with Gasteiger partial charge in [-0.2, -0.15) is 0 Å². The molecular formula is C12H22N2OS. The molecule has 0 saturated carbocycles. The van der Waals surface area contributed by atoms with Crippen molar-refractivity contribution in [2.45, 2.75) is 26.0 Å². The maximum absolute atomic E-state index is 5.68. The van der Waals surface area contributed by atoms with Crippen LogP contribution in [0.5, 0.6) is 0 Å². The summed E-state index contributed by atoms with van der Waals surface area (Å²) in [6.07, 6.45) is 0.136. The molecule has 2 N–H and O–H groups in total. The normalized spacial score (nSPS) is 15.3. The van der Waals surface area contributed by atoms with Crippen LogP contribution in [0.3, 0.4) is 0 Å². The van der Waals surface area contributed by atoms with Crippen molar-refractivity contribution in [3.8, 4) is 0 Å². The number of ether oxygens (including phenoxy) is 1. The zero-order valence-corrected chi connectivity index (χ0v) is 11.2. The van der Waals surface area contributed by atoms with E-state index in [-0.39, 0.29) is 6.10 Å². The lowest BCUT2D eigenvalue weighted by atomic mass is 10.2. The minimum absolute atomic E-state index is 0.136. The Balaban J connectivity index is 2.47. The predicted molar refractivity (Wildman–Crippen MR) is 69.8 cm³/mol. The Morgan fingerprint density at radius 3 is 2.81 bits per heavy atom. The van der Waals surface area contributed by atoms with Gasteiger partial charge in [0.25, 0.3) is 0 Å². The second-order valence-corrected chi connectivity index (χ2v) is 4.92. The van der Waals surface area contributed by atoms with Gasteiger partial charge >= 0.3 is 0 Å². The fourth-order valence-corrected chi connectivity index (χ4v) is 2.50. The molecular weight excluding hydrogens is 220 g/mol. The highest BCUT2D eigenvalue weighted by atomic mass is 32.1. The first kappa shape index (κ1) is 13.6. The van der Waals surface area contributed by atoms with Gasteiger partial charge in [-0.25, -0.2) is 0 Å². The Labute approximate surface area is 102 Å². The van der Waals surface area contributed by atoms with Gasteiger partial charge in [0.2, 0.25) is 0 Å². The highest BCUT2D eigenvalue weighted by Crippen LogP contribution is 2.23. The van der Waals surface area contributed by atoms with Gasteiger partial charge in [0.1, 0.15) is 0 Å². The number of nitrogens with zero attached hydrogens (tertiary/aromatic N) is 1. The molecule has 1 aromatic heterocycles. The van der Waals surface area contributed by atoms with Crippen molar-refractivity contribution in [3.63, 3.8) is 0 Å². The Kier molecular flexibility index (Phi) is 5.98. The van der Waals surface area contributed by atoms with Crippen LogP contribution in [0.2, 0.25) is 0 Å². The maximum atomic E-state index is 5.68. The minimum atomic E-state index is 0.136. The van der Waals surface area contributed by atoms with Gasteiger partial charge in [0.15, 0.2) is 0 Å². The van der Waals surface area contributed by atoms with Gasteiger partial charge in [-0.05, 0) is 32.3 Å². The zero-order chi connectivity index (χ0) is 12.0. The lowest BCUT2D eigenvalue weighted by Crippen LogP contribution is -2.37. The van der Waals surface area contributed by atoms with E-state index in [4.69, 9.17) is 10.5 Å². The Hall–Kier alpha value is -0.420. The summed E-state index contributed by atoms with van der Waals surface area (Å²) in [5, 5.41) is 2.11. The average molecular weight is 242 g/mol. The number of hydrogen-bond acceptors (Lipinski definition) is 4. The number of hydrogen-bond donors (Lipinski definition) is 1. The minimum Gasteiger partial charge on any atom is -0.376 e. The molecule has 1 rings (SSSR count). The van der Waals surface area contributed by atoms with E-state index in [9.17, 15) is 0 Å². The summed E-state index contributed by atoms with van der Waals surface area (Å²) in [5.41, 5.74) is 5.68. The second kappa shape index (κ2) is 7.01. The fourth-order valence-electron chi connectivity index (χ4n) is 1.66. The summed E-state index contributed by atoms with van der Waals surface area (Å²) >= 11 is 1.79. The topological polar surface area (TPSA) is 38.5 Å². The standard InChI is InChI=1S/C12H22N2OS/c1-4-15-11(8-13)9-14(3)10(2)12-6-5-7-16-12/h5-7,10-11H,4,8-9,13H2,1-3H3. The molecule has 16 heavy (non-hydrogen) atoms. The Morgan fingerprint density at radius 1 is 1.56 bits per heavy atom. The highest BCUT2D eigenvalue weighted by molar-refractivity contribution is 7.10. The smallest absolute Gasteiger partial charge is 0.0823 e. The number of thiophene rings is 1. The molecule has 2 atom stereocenters. The van der Waals surface area contributed by atoms with E-state index in [1.165, 1.54) is 4.88 Å². The molecule has 0 aliphatic heterocycles. The second-order valence-electron chi connectivity index (χ2n) is 3.94. The summed E-state index contributed by atoms with van der Waals surface area (Å²) in [6.45, 7) is 6.40. The molecule has 2 unspecified atom stereocenters. The molecule has 0 bridgehead atoms. The molecule has 3 nitrogen and oxygen atoms in total. The summed E-state index contributed by atoms with van der Waals surface area (Å²) < 4.78 is 5.57. The largest absolute Gasteiger partial charge is 0.376 e. The first-order valence-corrected chi connectivity index (χ1v) is 6.62. The SMILES string of the molecule is CCOC(CN)CN(C)C(C)c1cccs1. The summed E-state index contributed by atoms with van der Waals surface area (Å²) in [5.74, 6) is 0. The number of rotatable bonds is 7. The molecule has 0 aromatic carbocycles. The van der Waals surface area contributed by atoms with E-state index in [1.54, 1.807) is 11.3 Å². The molecule has 0 amide bonds. The van der Waals surface area contributed by atoms with Gasteiger partial charge in [-0.3, -0.25) is 4.90 Å². The molecule has 0 radical (unpaired) electrons. The molecule has 0 fully saturated rings. The molecule has 4 heteroatoms. The van der Waals surface area contributed by atoms with Crippen LogP contribution in [0.1, 0.15) is 24.8 Å². The van der Waals surface area contributed by atoms with Crippen molar-refractivity contribution in [1.29, 1.82) is 0 Å². The molecule has 92 valence electrons. The van der Waals surface area contributed by atoms with Gasteiger partial charge in [0, 0.05) is 30.6 Å². The molecule has 0 spiro atoms. The van der Waals surface area contributed by atoms with Crippen molar-refractivity contribution < 1.29 is 4.74 Å². The van der Waals surface area contributed by atoms with Crippen LogP contribution < -0.4 is 5.73 Å². The first-order chi connectivity index (χ1) is 7.69. The van der Waals surface area contributed by atoms with E-state index in [0.717, 1.165) is 13.2 Å². The number of nitrogens with two attached hydrogens (primary N) is 1. The summed E-state index contributed by atoms with van der Waals surface area (Å²) in [6, 6.07) is 4.69. The van der Waals surface area contributed by atoms with E-state index < -0.39 is 0 Å². The van der Waals surface area contributed by atoms with Crippen LogP contribution in [0, 0.1) is 0 Å². The molecule has 0 aliphatic rings. The molecule has 1 aromatic rings. The number of likely N-dealkylation sites (N-methyl/N-ethyl adjacent to an activating group) is 1. The van der Waals surface area contributed by atoms with E-state index in [0.29, 0.717) is 12.6 Å². The van der Waals surface area contributed by atoms with Crippen molar-refractivity contribution in [2.75, 3.05) is 26.7 Å². The predicted octanol–water partition coefficient (Wildman–Crippen LogP) is 2.10. The first-order valence-electron chi connectivity index (χ1n) is 5.74. The lowest BCUT2D eigenvalue weighted by Gasteiger charge is -2.27. The van der Waals surface area contributed by atoms with Gasteiger partial charge in [-0.15, -0.1) is 11.3 Å². The van der Waals surface area contributed by atoms with Crippen LogP contribution >= 0.6 is 11.3 Å². The van der Waals surface area contributed by atoms with Crippen molar-refractivity contribution in [1.82, 2.24) is 4.90 Å². The van der Waals surface area contributed by atoms with Gasteiger partial charge in [-0.1, -0.05) is 6.07 Å². The highest BCUT2D eigenvalue weighted by Gasteiger charge is 2.16. The Bertz CT molecular complexity index is 277. The molecule has 0 saturated heterocycles. The lowest BCUT2D eigenvalue weighted by molar-refractivity contribution is 0.0374. The van der Waals surface area contributed by atoms with Gasteiger partial charge < -0.3 is 10.5 Å². The molecule has 1 heterocycles.